The molecule has 0 heterocycles. The highest BCUT2D eigenvalue weighted by Crippen LogP contribution is 2.37. The fourth-order valence-corrected chi connectivity index (χ4v) is 2.69. The Balaban J connectivity index is 2.33. The second kappa shape index (κ2) is 4.13. The third-order valence-electron chi connectivity index (χ3n) is 3.40. The van der Waals surface area contributed by atoms with Crippen molar-refractivity contribution in [1.82, 2.24) is 0 Å². The second-order valence-corrected chi connectivity index (χ2v) is 4.34. The van der Waals surface area contributed by atoms with Crippen molar-refractivity contribution >= 4 is 0 Å². The molecule has 0 bridgehead atoms. The minimum absolute atomic E-state index is 0.984. The van der Waals surface area contributed by atoms with Crippen molar-refractivity contribution in [3.05, 3.63) is 0 Å². The van der Waals surface area contributed by atoms with Crippen LogP contribution in [-0.2, 0) is 0 Å². The molecule has 1 rings (SSSR count). The van der Waals surface area contributed by atoms with Gasteiger partial charge in [0.15, 0.2) is 0 Å². The third-order valence-corrected chi connectivity index (χ3v) is 3.40. The van der Waals surface area contributed by atoms with Crippen LogP contribution in [-0.4, -0.2) is 0 Å². The lowest BCUT2D eigenvalue weighted by molar-refractivity contribution is 0.278. The summed E-state index contributed by atoms with van der Waals surface area (Å²) in [5.74, 6) is 3.05. The van der Waals surface area contributed by atoms with Gasteiger partial charge in [-0.25, -0.2) is 0 Å². The van der Waals surface area contributed by atoms with E-state index in [0.29, 0.717) is 0 Å². The largest absolute Gasteiger partial charge is 0.0654 e. The molecule has 0 aromatic rings. The minimum atomic E-state index is 0.984. The molecule has 0 radical (unpaired) electrons. The van der Waals surface area contributed by atoms with Crippen molar-refractivity contribution in [2.45, 2.75) is 52.9 Å². The summed E-state index contributed by atoms with van der Waals surface area (Å²) in [6.07, 6.45) is 7.28. The zero-order valence-electron chi connectivity index (χ0n) is 8.27. The number of hydrogen-bond donors (Lipinski definition) is 0. The summed E-state index contributed by atoms with van der Waals surface area (Å²) in [4.78, 5) is 0. The van der Waals surface area contributed by atoms with Crippen LogP contribution < -0.4 is 0 Å². The predicted octanol–water partition coefficient (Wildman–Crippen LogP) is 3.86. The Hall–Kier alpha value is 0. The molecule has 0 aromatic carbocycles. The molecule has 0 heteroatoms. The second-order valence-electron chi connectivity index (χ2n) is 4.34. The van der Waals surface area contributed by atoms with E-state index in [4.69, 9.17) is 0 Å². The van der Waals surface area contributed by atoms with Crippen molar-refractivity contribution in [1.29, 1.82) is 0 Å². The molecule has 3 atom stereocenters. The van der Waals surface area contributed by atoms with Crippen LogP contribution in [0.25, 0.3) is 0 Å². The molecule has 1 saturated carbocycles. The zero-order chi connectivity index (χ0) is 8.27. The van der Waals surface area contributed by atoms with Gasteiger partial charge in [0.2, 0.25) is 0 Å². The van der Waals surface area contributed by atoms with E-state index in [1.54, 1.807) is 0 Å². The predicted molar refractivity (Wildman–Crippen MR) is 50.6 cm³/mol. The molecule has 1 fully saturated rings. The first-order valence-corrected chi connectivity index (χ1v) is 5.25. The van der Waals surface area contributed by atoms with Crippen molar-refractivity contribution in [3.63, 3.8) is 0 Å². The van der Waals surface area contributed by atoms with Gasteiger partial charge in [0, 0.05) is 0 Å². The highest BCUT2D eigenvalue weighted by Gasteiger charge is 2.27. The Labute approximate surface area is 71.4 Å². The lowest BCUT2D eigenvalue weighted by Gasteiger charge is -2.22. The number of rotatable bonds is 3. The van der Waals surface area contributed by atoms with Gasteiger partial charge >= 0.3 is 0 Å². The maximum atomic E-state index is 2.44. The molecule has 0 amide bonds. The quantitative estimate of drug-likeness (QED) is 0.579. The van der Waals surface area contributed by atoms with E-state index >= 15 is 0 Å². The van der Waals surface area contributed by atoms with Crippen LogP contribution in [0.1, 0.15) is 52.9 Å². The SMILES string of the molecule is CCCC(C)C1CCCC1C. The molecular weight excluding hydrogens is 132 g/mol. The average Bonchev–Trinajstić information content (AvgIpc) is 2.36. The summed E-state index contributed by atoms with van der Waals surface area (Å²) in [6.45, 7) is 7.18. The summed E-state index contributed by atoms with van der Waals surface area (Å²) in [5, 5.41) is 0. The molecule has 11 heavy (non-hydrogen) atoms. The van der Waals surface area contributed by atoms with Crippen LogP contribution >= 0.6 is 0 Å². The van der Waals surface area contributed by atoms with E-state index in [1.807, 2.05) is 0 Å². The normalized spacial score (nSPS) is 34.1. The summed E-state index contributed by atoms with van der Waals surface area (Å²) < 4.78 is 0. The first-order chi connectivity index (χ1) is 5.25. The van der Waals surface area contributed by atoms with Gasteiger partial charge in [0.1, 0.15) is 0 Å². The molecule has 0 saturated heterocycles. The van der Waals surface area contributed by atoms with Crippen LogP contribution in [0.4, 0.5) is 0 Å². The fourth-order valence-electron chi connectivity index (χ4n) is 2.69. The van der Waals surface area contributed by atoms with E-state index in [1.165, 1.54) is 32.1 Å². The van der Waals surface area contributed by atoms with Crippen molar-refractivity contribution in [3.8, 4) is 0 Å². The molecule has 0 N–H and O–H groups in total. The Morgan fingerprint density at radius 3 is 2.55 bits per heavy atom. The van der Waals surface area contributed by atoms with Gasteiger partial charge in [-0.05, 0) is 24.2 Å². The monoisotopic (exact) mass is 154 g/mol. The Bertz CT molecular complexity index is 107. The van der Waals surface area contributed by atoms with E-state index in [9.17, 15) is 0 Å². The molecule has 1 aliphatic rings. The molecule has 0 nitrogen and oxygen atoms in total. The van der Waals surface area contributed by atoms with Crippen molar-refractivity contribution in [2.75, 3.05) is 0 Å². The standard InChI is InChI=1S/C11H22/c1-4-6-9(2)11-8-5-7-10(11)3/h9-11H,4-8H2,1-3H3. The van der Waals surface area contributed by atoms with Crippen LogP contribution in [0.5, 0.6) is 0 Å². The smallest absolute Gasteiger partial charge is 0.0363 e. The van der Waals surface area contributed by atoms with E-state index < -0.39 is 0 Å². The number of hydrogen-bond acceptors (Lipinski definition) is 0. The Kier molecular flexibility index (Phi) is 3.42. The van der Waals surface area contributed by atoms with Gasteiger partial charge < -0.3 is 0 Å². The zero-order valence-corrected chi connectivity index (χ0v) is 8.27. The highest BCUT2D eigenvalue weighted by atomic mass is 14.3. The van der Waals surface area contributed by atoms with Gasteiger partial charge in [-0.2, -0.15) is 0 Å². The van der Waals surface area contributed by atoms with Crippen molar-refractivity contribution < 1.29 is 0 Å². The first kappa shape index (κ1) is 9.09. The molecule has 66 valence electrons. The molecule has 1 aliphatic carbocycles. The van der Waals surface area contributed by atoms with Gasteiger partial charge in [-0.1, -0.05) is 46.5 Å². The lowest BCUT2D eigenvalue weighted by Crippen LogP contribution is -2.13. The molecule has 3 unspecified atom stereocenters. The summed E-state index contributed by atoms with van der Waals surface area (Å²) in [5.41, 5.74) is 0. The maximum Gasteiger partial charge on any atom is -0.0363 e. The minimum Gasteiger partial charge on any atom is -0.0654 e. The molecule has 0 aromatic heterocycles. The van der Waals surface area contributed by atoms with Crippen LogP contribution in [0, 0.1) is 17.8 Å². The van der Waals surface area contributed by atoms with Gasteiger partial charge in [-0.15, -0.1) is 0 Å². The van der Waals surface area contributed by atoms with E-state index in [0.717, 1.165) is 17.8 Å². The Morgan fingerprint density at radius 2 is 2.09 bits per heavy atom. The maximum absolute atomic E-state index is 2.44. The van der Waals surface area contributed by atoms with Gasteiger partial charge in [-0.3, -0.25) is 0 Å². The Morgan fingerprint density at radius 1 is 1.36 bits per heavy atom. The summed E-state index contributed by atoms with van der Waals surface area (Å²) >= 11 is 0. The van der Waals surface area contributed by atoms with Gasteiger partial charge in [0.25, 0.3) is 0 Å². The molecule has 0 spiro atoms. The van der Waals surface area contributed by atoms with Gasteiger partial charge in [0.05, 0.1) is 0 Å². The first-order valence-electron chi connectivity index (χ1n) is 5.25. The van der Waals surface area contributed by atoms with Crippen LogP contribution in [0.15, 0.2) is 0 Å². The summed E-state index contributed by atoms with van der Waals surface area (Å²) in [6, 6.07) is 0. The highest BCUT2D eigenvalue weighted by molar-refractivity contribution is 4.77. The topological polar surface area (TPSA) is 0 Å². The third kappa shape index (κ3) is 2.21. The fraction of sp³-hybridized carbons (Fsp3) is 1.00. The molecular formula is C11H22. The van der Waals surface area contributed by atoms with E-state index in [2.05, 4.69) is 20.8 Å². The molecule has 0 aliphatic heterocycles. The average molecular weight is 154 g/mol. The lowest BCUT2D eigenvalue weighted by atomic mass is 9.83. The van der Waals surface area contributed by atoms with Crippen molar-refractivity contribution in [2.24, 2.45) is 17.8 Å². The summed E-state index contributed by atoms with van der Waals surface area (Å²) in [7, 11) is 0. The van der Waals surface area contributed by atoms with E-state index in [-0.39, 0.29) is 0 Å². The van der Waals surface area contributed by atoms with Crippen LogP contribution in [0.3, 0.4) is 0 Å². The van der Waals surface area contributed by atoms with Crippen LogP contribution in [0.2, 0.25) is 0 Å².